The van der Waals surface area contributed by atoms with E-state index in [2.05, 4.69) is 26.5 Å². The molecule has 9 heteroatoms. The van der Waals surface area contributed by atoms with E-state index in [-0.39, 0.29) is 5.69 Å². The monoisotopic (exact) mass is 301 g/mol. The first-order chi connectivity index (χ1) is 8.04. The SMILES string of the molecule is N=C(NO)NN=Cc1cc([N+](=O)[O-])ccc1Br. The van der Waals surface area contributed by atoms with Gasteiger partial charge in [0.25, 0.3) is 5.69 Å². The summed E-state index contributed by atoms with van der Waals surface area (Å²) in [7, 11) is 0. The number of hydrogen-bond donors (Lipinski definition) is 4. The molecule has 17 heavy (non-hydrogen) atoms. The second-order valence-corrected chi connectivity index (χ2v) is 3.67. The topological polar surface area (TPSA) is 124 Å². The van der Waals surface area contributed by atoms with E-state index in [1.54, 1.807) is 0 Å². The molecular weight excluding hydrogens is 294 g/mol. The lowest BCUT2D eigenvalue weighted by atomic mass is 10.2. The van der Waals surface area contributed by atoms with Crippen LogP contribution < -0.4 is 10.9 Å². The number of nitro benzene ring substituents is 1. The Morgan fingerprint density at radius 1 is 1.65 bits per heavy atom. The van der Waals surface area contributed by atoms with Crippen molar-refractivity contribution in [2.45, 2.75) is 0 Å². The zero-order chi connectivity index (χ0) is 12.8. The smallest absolute Gasteiger partial charge is 0.270 e. The molecule has 0 saturated carbocycles. The van der Waals surface area contributed by atoms with Crippen LogP contribution in [0, 0.1) is 15.5 Å². The number of nitrogens with zero attached hydrogens (tertiary/aromatic N) is 2. The molecule has 0 aliphatic carbocycles. The van der Waals surface area contributed by atoms with Crippen molar-refractivity contribution in [1.82, 2.24) is 10.9 Å². The average Bonchev–Trinajstić information content (AvgIpc) is 2.30. The van der Waals surface area contributed by atoms with Crippen molar-refractivity contribution in [3.05, 3.63) is 38.3 Å². The van der Waals surface area contributed by atoms with Crippen LogP contribution in [0.4, 0.5) is 5.69 Å². The maximum absolute atomic E-state index is 10.5. The second kappa shape index (κ2) is 5.92. The number of nitrogens with one attached hydrogen (secondary N) is 3. The van der Waals surface area contributed by atoms with Crippen molar-refractivity contribution < 1.29 is 10.1 Å². The van der Waals surface area contributed by atoms with Gasteiger partial charge in [0.15, 0.2) is 0 Å². The fraction of sp³-hybridized carbons (Fsp3) is 0. The van der Waals surface area contributed by atoms with Gasteiger partial charge in [-0.15, -0.1) is 0 Å². The van der Waals surface area contributed by atoms with E-state index in [1.807, 2.05) is 0 Å². The summed E-state index contributed by atoms with van der Waals surface area (Å²) in [5.74, 6) is -0.414. The van der Waals surface area contributed by atoms with Crippen LogP contribution in [0.15, 0.2) is 27.8 Å². The van der Waals surface area contributed by atoms with Gasteiger partial charge in [0.2, 0.25) is 5.96 Å². The average molecular weight is 302 g/mol. The summed E-state index contributed by atoms with van der Waals surface area (Å²) in [6.07, 6.45) is 1.28. The standard InChI is InChI=1S/C8H8BrN5O3/c9-7-2-1-6(14(16)17)3-5(7)4-11-12-8(10)13-15/h1-4,15H,(H3,10,12,13). The molecule has 90 valence electrons. The number of guanidine groups is 1. The van der Waals surface area contributed by atoms with E-state index < -0.39 is 10.9 Å². The van der Waals surface area contributed by atoms with Gasteiger partial charge in [-0.3, -0.25) is 20.7 Å². The molecule has 0 unspecified atom stereocenters. The lowest BCUT2D eigenvalue weighted by Crippen LogP contribution is -2.30. The molecule has 1 rings (SSSR count). The number of non-ortho nitro benzene ring substituents is 1. The maximum Gasteiger partial charge on any atom is 0.270 e. The molecule has 1 aromatic carbocycles. The van der Waals surface area contributed by atoms with E-state index >= 15 is 0 Å². The zero-order valence-electron chi connectivity index (χ0n) is 8.35. The fourth-order valence-electron chi connectivity index (χ4n) is 0.935. The predicted octanol–water partition coefficient (Wildman–Crippen LogP) is 1.19. The van der Waals surface area contributed by atoms with Gasteiger partial charge in [0.05, 0.1) is 11.1 Å². The van der Waals surface area contributed by atoms with Crippen molar-refractivity contribution in [2.24, 2.45) is 5.10 Å². The van der Waals surface area contributed by atoms with Gasteiger partial charge in [-0.05, 0) is 6.07 Å². The first-order valence-corrected chi connectivity index (χ1v) is 5.05. The maximum atomic E-state index is 10.5. The van der Waals surface area contributed by atoms with Crippen LogP contribution in [0.2, 0.25) is 0 Å². The normalized spacial score (nSPS) is 10.2. The Morgan fingerprint density at radius 2 is 2.35 bits per heavy atom. The molecule has 0 aliphatic rings. The van der Waals surface area contributed by atoms with Gasteiger partial charge >= 0.3 is 0 Å². The molecule has 0 aliphatic heterocycles. The van der Waals surface area contributed by atoms with Crippen molar-refractivity contribution >= 4 is 33.8 Å². The highest BCUT2D eigenvalue weighted by Gasteiger charge is 2.07. The summed E-state index contributed by atoms with van der Waals surface area (Å²) in [6.45, 7) is 0. The highest BCUT2D eigenvalue weighted by Crippen LogP contribution is 2.20. The zero-order valence-corrected chi connectivity index (χ0v) is 9.93. The van der Waals surface area contributed by atoms with Crippen LogP contribution in [0.5, 0.6) is 0 Å². The minimum absolute atomic E-state index is 0.0648. The first kappa shape index (κ1) is 13.1. The van der Waals surface area contributed by atoms with Gasteiger partial charge in [-0.1, -0.05) is 15.9 Å². The third-order valence-electron chi connectivity index (χ3n) is 1.68. The molecule has 0 amide bonds. The quantitative estimate of drug-likeness (QED) is 0.289. The number of hydrogen-bond acceptors (Lipinski definition) is 5. The Morgan fingerprint density at radius 3 is 2.94 bits per heavy atom. The molecule has 8 nitrogen and oxygen atoms in total. The predicted molar refractivity (Wildman–Crippen MR) is 64.2 cm³/mol. The Bertz CT molecular complexity index is 476. The lowest BCUT2D eigenvalue weighted by Gasteiger charge is -2.00. The highest BCUT2D eigenvalue weighted by atomic mass is 79.9. The van der Waals surface area contributed by atoms with E-state index in [0.29, 0.717) is 10.0 Å². The molecule has 1 aromatic rings. The fourth-order valence-corrected chi connectivity index (χ4v) is 1.28. The largest absolute Gasteiger partial charge is 0.288 e. The highest BCUT2D eigenvalue weighted by molar-refractivity contribution is 9.10. The van der Waals surface area contributed by atoms with Crippen molar-refractivity contribution in [3.63, 3.8) is 0 Å². The second-order valence-electron chi connectivity index (χ2n) is 2.82. The molecule has 0 heterocycles. The van der Waals surface area contributed by atoms with Crippen LogP contribution in [-0.4, -0.2) is 22.3 Å². The molecule has 0 bridgehead atoms. The Labute approximate surface area is 104 Å². The lowest BCUT2D eigenvalue weighted by molar-refractivity contribution is -0.384. The third kappa shape index (κ3) is 3.81. The van der Waals surface area contributed by atoms with Crippen LogP contribution >= 0.6 is 15.9 Å². The van der Waals surface area contributed by atoms with Crippen LogP contribution in [-0.2, 0) is 0 Å². The molecule has 0 fully saturated rings. The summed E-state index contributed by atoms with van der Waals surface area (Å²) >= 11 is 3.20. The van der Waals surface area contributed by atoms with E-state index in [0.717, 1.165) is 0 Å². The number of nitro groups is 1. The molecule has 0 saturated heterocycles. The summed E-state index contributed by atoms with van der Waals surface area (Å²) in [5, 5.41) is 29.4. The molecule has 4 N–H and O–H groups in total. The van der Waals surface area contributed by atoms with Crippen molar-refractivity contribution in [1.29, 1.82) is 5.41 Å². The Balaban J connectivity index is 2.86. The minimum Gasteiger partial charge on any atom is -0.288 e. The van der Waals surface area contributed by atoms with E-state index in [4.69, 9.17) is 10.6 Å². The Kier molecular flexibility index (Phi) is 4.55. The molecule has 0 radical (unpaired) electrons. The number of hydrazone groups is 1. The van der Waals surface area contributed by atoms with Crippen molar-refractivity contribution in [2.75, 3.05) is 0 Å². The van der Waals surface area contributed by atoms with Crippen LogP contribution in [0.25, 0.3) is 0 Å². The Hall–Kier alpha value is -2.00. The molecule has 0 atom stereocenters. The van der Waals surface area contributed by atoms with Gasteiger partial charge in [-0.2, -0.15) is 5.10 Å². The van der Waals surface area contributed by atoms with Gasteiger partial charge in [-0.25, -0.2) is 10.9 Å². The summed E-state index contributed by atoms with van der Waals surface area (Å²) in [6, 6.07) is 4.20. The van der Waals surface area contributed by atoms with E-state index in [9.17, 15) is 10.1 Å². The molecule has 0 aromatic heterocycles. The molecule has 0 spiro atoms. The molecular formula is C8H8BrN5O3. The number of halogens is 1. The van der Waals surface area contributed by atoms with Crippen LogP contribution in [0.3, 0.4) is 0 Å². The number of benzene rings is 1. The van der Waals surface area contributed by atoms with Gasteiger partial charge in [0, 0.05) is 22.2 Å². The summed E-state index contributed by atoms with van der Waals surface area (Å²) in [4.78, 5) is 10.0. The summed E-state index contributed by atoms with van der Waals surface area (Å²) in [5.41, 5.74) is 4.10. The van der Waals surface area contributed by atoms with Gasteiger partial charge in [0.1, 0.15) is 0 Å². The number of rotatable bonds is 3. The third-order valence-corrected chi connectivity index (χ3v) is 2.40. The first-order valence-electron chi connectivity index (χ1n) is 4.26. The summed E-state index contributed by atoms with van der Waals surface area (Å²) < 4.78 is 0.622. The van der Waals surface area contributed by atoms with Crippen molar-refractivity contribution in [3.8, 4) is 0 Å². The number of hydroxylamine groups is 1. The van der Waals surface area contributed by atoms with Crippen LogP contribution in [0.1, 0.15) is 5.56 Å². The minimum atomic E-state index is -0.519. The van der Waals surface area contributed by atoms with E-state index in [1.165, 1.54) is 29.9 Å². The van der Waals surface area contributed by atoms with Gasteiger partial charge < -0.3 is 0 Å².